The van der Waals surface area contributed by atoms with E-state index in [0.29, 0.717) is 13.2 Å². The van der Waals surface area contributed by atoms with Crippen molar-refractivity contribution in [2.24, 2.45) is 0 Å². The third-order valence-corrected chi connectivity index (χ3v) is 7.14. The van der Waals surface area contributed by atoms with Crippen molar-refractivity contribution in [2.75, 3.05) is 18.9 Å². The Bertz CT molecular complexity index is 963. The number of para-hydroxylation sites is 2. The zero-order valence-corrected chi connectivity index (χ0v) is 22.6. The van der Waals surface area contributed by atoms with Crippen molar-refractivity contribution in [1.82, 2.24) is 14.5 Å². The molecule has 1 fully saturated rings. The van der Waals surface area contributed by atoms with E-state index >= 15 is 0 Å². The molecule has 0 spiro atoms. The second kappa shape index (κ2) is 13.2. The van der Waals surface area contributed by atoms with Gasteiger partial charge in [0.1, 0.15) is 12.1 Å². The molecule has 1 aromatic carbocycles. The van der Waals surface area contributed by atoms with Gasteiger partial charge in [0.25, 0.3) is 0 Å². The lowest BCUT2D eigenvalue weighted by Gasteiger charge is -2.33. The normalized spacial score (nSPS) is 14.7. The fourth-order valence-electron chi connectivity index (χ4n) is 4.42. The molecule has 0 bridgehead atoms. The van der Waals surface area contributed by atoms with E-state index < -0.39 is 5.60 Å². The molecule has 3 rings (SSSR count). The molecule has 7 nitrogen and oxygen atoms in total. The van der Waals surface area contributed by atoms with Crippen molar-refractivity contribution >= 4 is 34.9 Å². The topological polar surface area (TPSA) is 73.7 Å². The third kappa shape index (κ3) is 8.44. The lowest BCUT2D eigenvalue weighted by Crippen LogP contribution is -2.42. The highest BCUT2D eigenvalue weighted by Gasteiger charge is 2.26. The molecule has 1 saturated carbocycles. The van der Waals surface area contributed by atoms with E-state index in [1.54, 1.807) is 11.8 Å². The molecule has 1 aromatic heterocycles. The number of benzene rings is 1. The van der Waals surface area contributed by atoms with Crippen LogP contribution in [0.1, 0.15) is 79.1 Å². The highest BCUT2D eigenvalue weighted by Crippen LogP contribution is 2.27. The molecule has 1 heterocycles. The van der Waals surface area contributed by atoms with E-state index in [2.05, 4.69) is 6.92 Å². The molecular weight excluding hydrogens is 462 g/mol. The summed E-state index contributed by atoms with van der Waals surface area (Å²) in [5, 5.41) is 0.798. The van der Waals surface area contributed by atoms with Crippen LogP contribution in [0.4, 0.5) is 4.79 Å². The van der Waals surface area contributed by atoms with Crippen LogP contribution in [0.25, 0.3) is 11.0 Å². The molecule has 0 N–H and O–H groups in total. The highest BCUT2D eigenvalue weighted by molar-refractivity contribution is 7.99. The van der Waals surface area contributed by atoms with Gasteiger partial charge >= 0.3 is 12.1 Å². The van der Waals surface area contributed by atoms with Crippen LogP contribution in [0.15, 0.2) is 29.4 Å². The Morgan fingerprint density at radius 3 is 2.60 bits per heavy atom. The van der Waals surface area contributed by atoms with Crippen molar-refractivity contribution in [3.63, 3.8) is 0 Å². The minimum atomic E-state index is -0.533. The Hall–Kier alpha value is -2.22. The number of carbonyl (C=O) groups excluding carboxylic acids is 2. The number of esters is 1. The summed E-state index contributed by atoms with van der Waals surface area (Å²) in [6, 6.07) is 8.12. The van der Waals surface area contributed by atoms with Gasteiger partial charge in [0.05, 0.1) is 17.6 Å². The number of ether oxygens (including phenoxy) is 2. The fourth-order valence-corrected chi connectivity index (χ4v) is 5.36. The van der Waals surface area contributed by atoms with Crippen LogP contribution < -0.4 is 0 Å². The number of aromatic nitrogens is 2. The van der Waals surface area contributed by atoms with Gasteiger partial charge in [-0.2, -0.15) is 0 Å². The van der Waals surface area contributed by atoms with E-state index in [1.807, 2.05) is 54.5 Å². The van der Waals surface area contributed by atoms with Crippen LogP contribution in [0.3, 0.4) is 0 Å². The van der Waals surface area contributed by atoms with E-state index in [-0.39, 0.29) is 24.6 Å². The molecule has 1 aliphatic rings. The first-order valence-corrected chi connectivity index (χ1v) is 14.0. The fraction of sp³-hybridized carbons (Fsp3) is 0.667. The first-order valence-electron chi connectivity index (χ1n) is 13.0. The number of unbranched alkanes of at least 4 members (excludes halogenated alkanes) is 1. The van der Waals surface area contributed by atoms with Crippen molar-refractivity contribution in [3.05, 3.63) is 24.3 Å². The van der Waals surface area contributed by atoms with Crippen molar-refractivity contribution in [1.29, 1.82) is 0 Å². The monoisotopic (exact) mass is 503 g/mol. The summed E-state index contributed by atoms with van der Waals surface area (Å²) in [7, 11) is 0. The number of nitrogens with zero attached hydrogens (tertiary/aromatic N) is 3. The molecule has 35 heavy (non-hydrogen) atoms. The highest BCUT2D eigenvalue weighted by atomic mass is 32.2. The molecule has 0 aliphatic heterocycles. The summed E-state index contributed by atoms with van der Waals surface area (Å²) >= 11 is 1.62. The summed E-state index contributed by atoms with van der Waals surface area (Å²) in [5.41, 5.74) is 1.25. The molecule has 194 valence electrons. The first-order chi connectivity index (χ1) is 16.8. The van der Waals surface area contributed by atoms with Gasteiger partial charge < -0.3 is 18.9 Å². The quantitative estimate of drug-likeness (QED) is 0.200. The lowest BCUT2D eigenvalue weighted by atomic mass is 9.94. The minimum absolute atomic E-state index is 0.123. The molecule has 0 radical (unpaired) electrons. The third-order valence-electron chi connectivity index (χ3n) is 6.07. The lowest BCUT2D eigenvalue weighted by molar-refractivity contribution is -0.155. The average molecular weight is 504 g/mol. The summed E-state index contributed by atoms with van der Waals surface area (Å²) in [5.74, 6) is 0.518. The van der Waals surface area contributed by atoms with Crippen LogP contribution >= 0.6 is 11.8 Å². The number of hydrogen-bond donors (Lipinski definition) is 0. The van der Waals surface area contributed by atoms with Gasteiger partial charge in [-0.05, 0) is 58.6 Å². The number of rotatable bonds is 11. The van der Waals surface area contributed by atoms with Crippen LogP contribution in [-0.2, 0) is 20.8 Å². The van der Waals surface area contributed by atoms with Gasteiger partial charge in [-0.15, -0.1) is 0 Å². The number of amides is 1. The van der Waals surface area contributed by atoms with Gasteiger partial charge in [0.2, 0.25) is 0 Å². The Morgan fingerprint density at radius 1 is 1.14 bits per heavy atom. The Balaban J connectivity index is 1.63. The predicted molar refractivity (Wildman–Crippen MR) is 141 cm³/mol. The van der Waals surface area contributed by atoms with Crippen molar-refractivity contribution < 1.29 is 19.1 Å². The predicted octanol–water partition coefficient (Wildman–Crippen LogP) is 6.43. The SMILES string of the molecule is CCCCOC(=O)N(CCCSc1nc2ccccc2n1CC(=O)OC(C)(C)C)C1CCCCC1. The number of hydrogen-bond acceptors (Lipinski definition) is 6. The Kier molecular flexibility index (Phi) is 10.3. The van der Waals surface area contributed by atoms with Crippen molar-refractivity contribution in [3.8, 4) is 0 Å². The van der Waals surface area contributed by atoms with Gasteiger partial charge in [0.15, 0.2) is 5.16 Å². The average Bonchev–Trinajstić information content (AvgIpc) is 3.15. The van der Waals surface area contributed by atoms with E-state index in [1.165, 1.54) is 19.3 Å². The Labute approximate surface area is 213 Å². The zero-order valence-electron chi connectivity index (χ0n) is 21.8. The molecule has 0 saturated heterocycles. The number of imidazole rings is 1. The molecule has 0 unspecified atom stereocenters. The van der Waals surface area contributed by atoms with Crippen LogP contribution in [0.5, 0.6) is 0 Å². The standard InChI is InChI=1S/C27H41N3O4S/c1-5-6-18-33-26(32)29(21-13-8-7-9-14-21)17-12-19-35-25-28-22-15-10-11-16-23(22)30(25)20-24(31)34-27(2,3)4/h10-11,15-16,21H,5-9,12-14,17-20H2,1-4H3. The van der Waals surface area contributed by atoms with Crippen molar-refractivity contribution in [2.45, 2.75) is 102 Å². The molecule has 1 amide bonds. The summed E-state index contributed by atoms with van der Waals surface area (Å²) in [6.45, 7) is 9.00. The Morgan fingerprint density at radius 2 is 1.89 bits per heavy atom. The maximum absolute atomic E-state index is 12.8. The summed E-state index contributed by atoms with van der Waals surface area (Å²) in [4.78, 5) is 32.1. The minimum Gasteiger partial charge on any atom is -0.459 e. The van der Waals surface area contributed by atoms with Crippen LogP contribution in [-0.4, -0.2) is 57.1 Å². The smallest absolute Gasteiger partial charge is 0.410 e. The van der Waals surface area contributed by atoms with Gasteiger partial charge in [-0.1, -0.05) is 56.5 Å². The van der Waals surface area contributed by atoms with Gasteiger partial charge in [-0.3, -0.25) is 4.79 Å². The largest absolute Gasteiger partial charge is 0.459 e. The summed E-state index contributed by atoms with van der Waals surface area (Å²) in [6.07, 6.45) is 8.28. The maximum Gasteiger partial charge on any atom is 0.410 e. The first kappa shape index (κ1) is 27.4. The molecule has 8 heteroatoms. The number of thioether (sulfide) groups is 1. The number of fused-ring (bicyclic) bond motifs is 1. The second-order valence-corrected chi connectivity index (χ2v) is 11.3. The zero-order chi connectivity index (χ0) is 25.3. The van der Waals surface area contributed by atoms with Gasteiger partial charge in [0, 0.05) is 18.3 Å². The molecule has 1 aliphatic carbocycles. The van der Waals surface area contributed by atoms with Crippen LogP contribution in [0, 0.1) is 0 Å². The van der Waals surface area contributed by atoms with Crippen LogP contribution in [0.2, 0.25) is 0 Å². The maximum atomic E-state index is 12.8. The van der Waals surface area contributed by atoms with E-state index in [0.717, 1.165) is 54.0 Å². The van der Waals surface area contributed by atoms with E-state index in [9.17, 15) is 9.59 Å². The summed E-state index contributed by atoms with van der Waals surface area (Å²) < 4.78 is 13.1. The molecular formula is C27H41N3O4S. The van der Waals surface area contributed by atoms with E-state index in [4.69, 9.17) is 14.5 Å². The molecule has 0 atom stereocenters. The van der Waals surface area contributed by atoms with Gasteiger partial charge in [-0.25, -0.2) is 9.78 Å². The number of carbonyl (C=O) groups is 2. The molecule has 2 aromatic rings. The second-order valence-electron chi connectivity index (χ2n) is 10.2.